The molecule has 5 heteroatoms. The number of pyridine rings is 1. The van der Waals surface area contributed by atoms with Crippen molar-refractivity contribution in [2.75, 3.05) is 0 Å². The van der Waals surface area contributed by atoms with Crippen LogP contribution in [0.5, 0.6) is 0 Å². The van der Waals surface area contributed by atoms with Gasteiger partial charge in [0.05, 0.1) is 35.6 Å². The lowest BCUT2D eigenvalue weighted by Crippen LogP contribution is -2.02. The fraction of sp³-hybridized carbons (Fsp3) is 0.0870. The monoisotopic (exact) mass is 366 g/mol. The third kappa shape index (κ3) is 2.87. The molecule has 3 aromatic heterocycles. The van der Waals surface area contributed by atoms with Crippen LogP contribution in [0.2, 0.25) is 0 Å². The van der Waals surface area contributed by atoms with Crippen molar-refractivity contribution in [3.05, 3.63) is 90.6 Å². The van der Waals surface area contributed by atoms with Gasteiger partial charge in [0.1, 0.15) is 0 Å². The summed E-state index contributed by atoms with van der Waals surface area (Å²) >= 11 is 0. The Kier molecular flexibility index (Phi) is 3.98. The van der Waals surface area contributed by atoms with Gasteiger partial charge in [0, 0.05) is 22.7 Å². The lowest BCUT2D eigenvalue weighted by molar-refractivity contribution is 0.450. The standard InChI is InChI=1S/C23H18N4O/c1-16-20-13-18(10-11-21(20)28-26-16)23-22(17-7-3-2-4-8-17)25-15-27(23)14-19-9-5-6-12-24-19/h2-13,15H,14H2,1H3. The van der Waals surface area contributed by atoms with Crippen LogP contribution in [0.3, 0.4) is 0 Å². The Morgan fingerprint density at radius 3 is 2.57 bits per heavy atom. The normalized spacial score (nSPS) is 11.2. The smallest absolute Gasteiger partial charge is 0.167 e. The van der Waals surface area contributed by atoms with E-state index in [4.69, 9.17) is 9.51 Å². The summed E-state index contributed by atoms with van der Waals surface area (Å²) < 4.78 is 7.53. The first-order valence-electron chi connectivity index (χ1n) is 9.16. The largest absolute Gasteiger partial charge is 0.356 e. The van der Waals surface area contributed by atoms with E-state index in [1.807, 2.05) is 61.9 Å². The molecule has 28 heavy (non-hydrogen) atoms. The van der Waals surface area contributed by atoms with Crippen LogP contribution in [0.15, 0.2) is 83.8 Å². The van der Waals surface area contributed by atoms with Crippen LogP contribution in [0, 0.1) is 6.92 Å². The molecule has 0 unspecified atom stereocenters. The third-order valence-electron chi connectivity index (χ3n) is 4.87. The summed E-state index contributed by atoms with van der Waals surface area (Å²) in [5.41, 5.74) is 6.82. The Balaban J connectivity index is 1.70. The number of hydrogen-bond donors (Lipinski definition) is 0. The van der Waals surface area contributed by atoms with E-state index in [0.29, 0.717) is 6.54 Å². The number of nitrogens with zero attached hydrogens (tertiary/aromatic N) is 4. The van der Waals surface area contributed by atoms with Crippen LogP contribution in [-0.4, -0.2) is 19.7 Å². The Hall–Kier alpha value is -3.73. The van der Waals surface area contributed by atoms with E-state index < -0.39 is 0 Å². The van der Waals surface area contributed by atoms with Crippen LogP contribution >= 0.6 is 0 Å². The number of fused-ring (bicyclic) bond motifs is 1. The zero-order valence-electron chi connectivity index (χ0n) is 15.4. The molecule has 5 nitrogen and oxygen atoms in total. The van der Waals surface area contributed by atoms with Gasteiger partial charge in [-0.2, -0.15) is 0 Å². The summed E-state index contributed by atoms with van der Waals surface area (Å²) in [5, 5.41) is 5.10. The highest BCUT2D eigenvalue weighted by Gasteiger charge is 2.17. The zero-order valence-corrected chi connectivity index (χ0v) is 15.4. The minimum Gasteiger partial charge on any atom is -0.356 e. The van der Waals surface area contributed by atoms with Gasteiger partial charge in [-0.1, -0.05) is 41.6 Å². The lowest BCUT2D eigenvalue weighted by Gasteiger charge is -2.11. The van der Waals surface area contributed by atoms with Crippen LogP contribution < -0.4 is 0 Å². The first-order valence-corrected chi connectivity index (χ1v) is 9.16. The molecule has 0 saturated heterocycles. The number of aryl methyl sites for hydroxylation is 1. The van der Waals surface area contributed by atoms with Gasteiger partial charge in [-0.3, -0.25) is 4.98 Å². The summed E-state index contributed by atoms with van der Waals surface area (Å²) in [5.74, 6) is 0. The Morgan fingerprint density at radius 1 is 0.893 bits per heavy atom. The highest BCUT2D eigenvalue weighted by molar-refractivity contribution is 5.88. The van der Waals surface area contributed by atoms with Crippen molar-refractivity contribution >= 4 is 11.0 Å². The van der Waals surface area contributed by atoms with E-state index in [0.717, 1.165) is 44.9 Å². The highest BCUT2D eigenvalue weighted by Crippen LogP contribution is 2.34. The van der Waals surface area contributed by atoms with E-state index in [-0.39, 0.29) is 0 Å². The van der Waals surface area contributed by atoms with E-state index in [1.54, 1.807) is 0 Å². The van der Waals surface area contributed by atoms with Crippen molar-refractivity contribution < 1.29 is 4.52 Å². The molecule has 136 valence electrons. The van der Waals surface area contributed by atoms with Gasteiger partial charge in [-0.15, -0.1) is 0 Å². The molecule has 0 bridgehead atoms. The van der Waals surface area contributed by atoms with Gasteiger partial charge >= 0.3 is 0 Å². The molecule has 0 amide bonds. The second kappa shape index (κ2) is 6.78. The van der Waals surface area contributed by atoms with E-state index in [9.17, 15) is 0 Å². The lowest BCUT2D eigenvalue weighted by atomic mass is 10.0. The van der Waals surface area contributed by atoms with E-state index >= 15 is 0 Å². The Morgan fingerprint density at radius 2 is 1.75 bits per heavy atom. The average Bonchev–Trinajstić information content (AvgIpc) is 3.33. The molecule has 0 radical (unpaired) electrons. The van der Waals surface area contributed by atoms with Crippen LogP contribution in [0.1, 0.15) is 11.4 Å². The molecule has 0 spiro atoms. The molecular formula is C23H18N4O. The summed E-state index contributed by atoms with van der Waals surface area (Å²) in [6.07, 6.45) is 3.70. The molecule has 0 saturated carbocycles. The van der Waals surface area contributed by atoms with Crippen molar-refractivity contribution in [2.24, 2.45) is 0 Å². The Labute approximate surface area is 162 Å². The third-order valence-corrected chi connectivity index (χ3v) is 4.87. The second-order valence-electron chi connectivity index (χ2n) is 6.74. The van der Waals surface area contributed by atoms with Crippen LogP contribution in [-0.2, 0) is 6.54 Å². The molecule has 0 aliphatic carbocycles. The SMILES string of the molecule is Cc1noc2ccc(-c3c(-c4ccccc4)ncn3Cc3ccccn3)cc12. The molecule has 5 aromatic rings. The van der Waals surface area contributed by atoms with Crippen molar-refractivity contribution in [2.45, 2.75) is 13.5 Å². The molecule has 0 aliphatic heterocycles. The van der Waals surface area contributed by atoms with Crippen LogP contribution in [0.25, 0.3) is 33.5 Å². The topological polar surface area (TPSA) is 56.7 Å². The van der Waals surface area contributed by atoms with Crippen molar-refractivity contribution in [3.8, 4) is 22.5 Å². The first kappa shape index (κ1) is 16.4. The maximum absolute atomic E-state index is 5.38. The second-order valence-corrected chi connectivity index (χ2v) is 6.74. The number of hydrogen-bond acceptors (Lipinski definition) is 4. The summed E-state index contributed by atoms with van der Waals surface area (Å²) in [4.78, 5) is 9.22. The van der Waals surface area contributed by atoms with Gasteiger partial charge in [0.25, 0.3) is 0 Å². The molecule has 0 aliphatic rings. The van der Waals surface area contributed by atoms with Crippen molar-refractivity contribution in [1.82, 2.24) is 19.7 Å². The number of aromatic nitrogens is 4. The minimum atomic E-state index is 0.649. The summed E-state index contributed by atoms with van der Waals surface area (Å²) in [6, 6.07) is 22.4. The Bertz CT molecular complexity index is 1240. The predicted octanol–water partition coefficient (Wildman–Crippen LogP) is 5.11. The zero-order chi connectivity index (χ0) is 18.9. The molecule has 0 fully saturated rings. The molecule has 3 heterocycles. The first-order chi connectivity index (χ1) is 13.8. The minimum absolute atomic E-state index is 0.649. The quantitative estimate of drug-likeness (QED) is 0.443. The number of imidazole rings is 1. The van der Waals surface area contributed by atoms with Crippen molar-refractivity contribution in [3.63, 3.8) is 0 Å². The molecule has 0 N–H and O–H groups in total. The number of benzene rings is 2. The van der Waals surface area contributed by atoms with E-state index in [2.05, 4.69) is 39.0 Å². The average molecular weight is 366 g/mol. The molecule has 0 atom stereocenters. The highest BCUT2D eigenvalue weighted by atomic mass is 16.5. The fourth-order valence-corrected chi connectivity index (χ4v) is 3.48. The maximum atomic E-state index is 5.38. The van der Waals surface area contributed by atoms with Gasteiger partial charge in [-0.05, 0) is 37.3 Å². The molecule has 2 aromatic carbocycles. The number of rotatable bonds is 4. The molecule has 5 rings (SSSR count). The summed E-state index contributed by atoms with van der Waals surface area (Å²) in [6.45, 7) is 2.61. The maximum Gasteiger partial charge on any atom is 0.167 e. The van der Waals surface area contributed by atoms with E-state index in [1.165, 1.54) is 0 Å². The predicted molar refractivity (Wildman–Crippen MR) is 109 cm³/mol. The van der Waals surface area contributed by atoms with Crippen LogP contribution in [0.4, 0.5) is 0 Å². The van der Waals surface area contributed by atoms with Crippen molar-refractivity contribution in [1.29, 1.82) is 0 Å². The summed E-state index contributed by atoms with van der Waals surface area (Å²) in [7, 11) is 0. The molecular weight excluding hydrogens is 348 g/mol. The van der Waals surface area contributed by atoms with Gasteiger partial charge < -0.3 is 9.09 Å². The van der Waals surface area contributed by atoms with Gasteiger partial charge in [0.15, 0.2) is 5.58 Å². The van der Waals surface area contributed by atoms with Gasteiger partial charge in [-0.25, -0.2) is 4.98 Å². The fourth-order valence-electron chi connectivity index (χ4n) is 3.48. The van der Waals surface area contributed by atoms with Gasteiger partial charge in [0.2, 0.25) is 0 Å².